The fraction of sp³-hybridized carbons (Fsp3) is 0.412. The molecule has 1 saturated heterocycles. The van der Waals surface area contributed by atoms with Crippen molar-refractivity contribution in [2.75, 3.05) is 12.3 Å². The van der Waals surface area contributed by atoms with Crippen molar-refractivity contribution in [1.29, 1.82) is 0 Å². The summed E-state index contributed by atoms with van der Waals surface area (Å²) in [5.74, 6) is 1.77. The number of imide groups is 1. The Morgan fingerprint density at radius 3 is 2.73 bits per heavy atom. The van der Waals surface area contributed by atoms with Gasteiger partial charge in [0.25, 0.3) is 5.91 Å². The van der Waals surface area contributed by atoms with Crippen molar-refractivity contribution in [1.82, 2.24) is 25.0 Å². The first kappa shape index (κ1) is 18.2. The van der Waals surface area contributed by atoms with Gasteiger partial charge in [0.15, 0.2) is 11.0 Å². The quantitative estimate of drug-likeness (QED) is 0.454. The van der Waals surface area contributed by atoms with Gasteiger partial charge in [-0.3, -0.25) is 14.3 Å². The van der Waals surface area contributed by atoms with Crippen molar-refractivity contribution in [2.45, 2.75) is 38.0 Å². The maximum absolute atomic E-state index is 12.2. The summed E-state index contributed by atoms with van der Waals surface area (Å²) >= 11 is 1.44. The molecule has 0 atom stereocenters. The number of aryl methyl sites for hydroxylation is 1. The minimum Gasteiger partial charge on any atom is -0.469 e. The summed E-state index contributed by atoms with van der Waals surface area (Å²) in [4.78, 5) is 25.4. The molecule has 3 amide bonds. The van der Waals surface area contributed by atoms with Gasteiger partial charge in [-0.05, 0) is 26.8 Å². The number of thioether (sulfide) groups is 1. The number of hydrogen-bond acceptors (Lipinski definition) is 6. The van der Waals surface area contributed by atoms with E-state index in [1.54, 1.807) is 26.2 Å². The average Bonchev–Trinajstić information content (AvgIpc) is 3.21. The maximum Gasteiger partial charge on any atom is 0.325 e. The predicted molar refractivity (Wildman–Crippen MR) is 97.7 cm³/mol. The lowest BCUT2D eigenvalue weighted by atomic mass is 10.1. The highest BCUT2D eigenvalue weighted by molar-refractivity contribution is 7.99. The van der Waals surface area contributed by atoms with Crippen LogP contribution >= 0.6 is 11.8 Å². The van der Waals surface area contributed by atoms with Gasteiger partial charge in [-0.1, -0.05) is 17.8 Å². The lowest BCUT2D eigenvalue weighted by Crippen LogP contribution is -2.40. The molecule has 138 valence electrons. The summed E-state index contributed by atoms with van der Waals surface area (Å²) in [7, 11) is 0. The van der Waals surface area contributed by atoms with Crippen LogP contribution in [0, 0.1) is 6.92 Å². The van der Waals surface area contributed by atoms with Crippen molar-refractivity contribution in [3.05, 3.63) is 30.7 Å². The van der Waals surface area contributed by atoms with Crippen LogP contribution in [0.25, 0.3) is 11.4 Å². The lowest BCUT2D eigenvalue weighted by molar-refractivity contribution is -0.130. The summed E-state index contributed by atoms with van der Waals surface area (Å²) < 4.78 is 7.29. The fourth-order valence-corrected chi connectivity index (χ4v) is 3.63. The SMILES string of the molecule is C=CCn1c(SCCN2C(=O)NC(C)(C)C2=O)nnc1-c1ccoc1C. The van der Waals surface area contributed by atoms with E-state index in [1.165, 1.54) is 16.7 Å². The van der Waals surface area contributed by atoms with E-state index in [9.17, 15) is 9.59 Å². The molecular formula is C17H21N5O3S. The van der Waals surface area contributed by atoms with Crippen molar-refractivity contribution >= 4 is 23.7 Å². The molecule has 2 aromatic rings. The summed E-state index contributed by atoms with van der Waals surface area (Å²) in [5.41, 5.74) is 0.0263. The van der Waals surface area contributed by atoms with E-state index in [-0.39, 0.29) is 11.9 Å². The van der Waals surface area contributed by atoms with Crippen LogP contribution in [-0.2, 0) is 11.3 Å². The molecule has 0 unspecified atom stereocenters. The fourth-order valence-electron chi connectivity index (χ4n) is 2.75. The van der Waals surface area contributed by atoms with Crippen molar-refractivity contribution < 1.29 is 14.0 Å². The van der Waals surface area contributed by atoms with Gasteiger partial charge < -0.3 is 9.73 Å². The molecule has 3 rings (SSSR count). The summed E-state index contributed by atoms with van der Waals surface area (Å²) in [6.45, 7) is 9.90. The zero-order chi connectivity index (χ0) is 18.9. The number of furan rings is 1. The van der Waals surface area contributed by atoms with Crippen molar-refractivity contribution in [3.63, 3.8) is 0 Å². The molecule has 0 aromatic carbocycles. The van der Waals surface area contributed by atoms with E-state index >= 15 is 0 Å². The van der Waals surface area contributed by atoms with Crippen LogP contribution < -0.4 is 5.32 Å². The molecule has 1 N–H and O–H groups in total. The van der Waals surface area contributed by atoms with E-state index < -0.39 is 5.54 Å². The number of aromatic nitrogens is 3. The average molecular weight is 375 g/mol. The molecule has 1 aliphatic rings. The Labute approximate surface area is 155 Å². The minimum absolute atomic E-state index is 0.217. The van der Waals surface area contributed by atoms with Crippen LogP contribution in [0.3, 0.4) is 0 Å². The van der Waals surface area contributed by atoms with Gasteiger partial charge in [0.05, 0.1) is 11.8 Å². The molecule has 0 saturated carbocycles. The molecule has 26 heavy (non-hydrogen) atoms. The Kier molecular flexibility index (Phi) is 4.90. The molecule has 0 spiro atoms. The van der Waals surface area contributed by atoms with Gasteiger partial charge in [-0.25, -0.2) is 4.79 Å². The highest BCUT2D eigenvalue weighted by atomic mass is 32.2. The second-order valence-corrected chi connectivity index (χ2v) is 7.52. The Bertz CT molecular complexity index is 854. The van der Waals surface area contributed by atoms with Crippen LogP contribution in [0.1, 0.15) is 19.6 Å². The number of carbonyl (C=O) groups excluding carboxylic acids is 2. The van der Waals surface area contributed by atoms with E-state index in [1.807, 2.05) is 17.6 Å². The largest absolute Gasteiger partial charge is 0.469 e. The molecule has 0 bridgehead atoms. The molecule has 8 nitrogen and oxygen atoms in total. The van der Waals surface area contributed by atoms with E-state index in [0.29, 0.717) is 29.8 Å². The Hall–Kier alpha value is -2.55. The molecule has 0 aliphatic carbocycles. The standard InChI is InChI=1S/C17H21N5O3S/c1-5-7-21-13(12-6-9-25-11(12)2)19-20-16(21)26-10-8-22-14(23)17(3,4)18-15(22)24/h5-6,9H,1,7-8,10H2,2-4H3,(H,18,24). The number of hydrogen-bond donors (Lipinski definition) is 1. The Morgan fingerprint density at radius 2 is 2.15 bits per heavy atom. The molecule has 3 heterocycles. The highest BCUT2D eigenvalue weighted by Crippen LogP contribution is 2.27. The van der Waals surface area contributed by atoms with Crippen LogP contribution in [0.5, 0.6) is 0 Å². The Balaban J connectivity index is 1.72. The molecule has 2 aromatic heterocycles. The first-order valence-corrected chi connectivity index (χ1v) is 9.19. The number of nitrogens with one attached hydrogen (secondary N) is 1. The van der Waals surface area contributed by atoms with E-state index in [4.69, 9.17) is 4.42 Å². The van der Waals surface area contributed by atoms with Crippen molar-refractivity contribution in [3.8, 4) is 11.4 Å². The number of nitrogens with zero attached hydrogens (tertiary/aromatic N) is 4. The van der Waals surface area contributed by atoms with Gasteiger partial charge in [-0.2, -0.15) is 0 Å². The lowest BCUT2D eigenvalue weighted by Gasteiger charge is -2.15. The zero-order valence-corrected chi connectivity index (χ0v) is 15.8. The van der Waals surface area contributed by atoms with Crippen LogP contribution in [0.4, 0.5) is 4.79 Å². The third-order valence-corrected chi connectivity index (χ3v) is 5.07. The van der Waals surface area contributed by atoms with Crippen LogP contribution in [0.15, 0.2) is 34.6 Å². The van der Waals surface area contributed by atoms with E-state index in [2.05, 4.69) is 22.1 Å². The zero-order valence-electron chi connectivity index (χ0n) is 15.0. The van der Waals surface area contributed by atoms with Gasteiger partial charge in [0.1, 0.15) is 11.3 Å². The summed E-state index contributed by atoms with van der Waals surface area (Å²) in [6.07, 6.45) is 3.38. The number of allylic oxidation sites excluding steroid dienone is 1. The first-order valence-electron chi connectivity index (χ1n) is 8.20. The summed E-state index contributed by atoms with van der Waals surface area (Å²) in [6, 6.07) is 1.49. The van der Waals surface area contributed by atoms with Gasteiger partial charge >= 0.3 is 6.03 Å². The van der Waals surface area contributed by atoms with Gasteiger partial charge in [0, 0.05) is 18.8 Å². The van der Waals surface area contributed by atoms with Gasteiger partial charge in [-0.15, -0.1) is 16.8 Å². The Morgan fingerprint density at radius 1 is 1.38 bits per heavy atom. The molecule has 1 fully saturated rings. The van der Waals surface area contributed by atoms with Crippen molar-refractivity contribution in [2.24, 2.45) is 0 Å². The number of amides is 3. The number of urea groups is 1. The third-order valence-electron chi connectivity index (χ3n) is 4.12. The molecule has 9 heteroatoms. The second kappa shape index (κ2) is 6.99. The smallest absolute Gasteiger partial charge is 0.325 e. The highest BCUT2D eigenvalue weighted by Gasteiger charge is 2.43. The minimum atomic E-state index is -0.851. The monoisotopic (exact) mass is 375 g/mol. The third kappa shape index (κ3) is 3.26. The number of rotatable bonds is 7. The molecule has 0 radical (unpaired) electrons. The normalized spacial score (nSPS) is 16.2. The first-order chi connectivity index (χ1) is 12.3. The predicted octanol–water partition coefficient (Wildman–Crippen LogP) is 2.46. The molecule has 1 aliphatic heterocycles. The summed E-state index contributed by atoms with van der Waals surface area (Å²) in [5, 5.41) is 11.9. The second-order valence-electron chi connectivity index (χ2n) is 6.46. The van der Waals surface area contributed by atoms with Crippen LogP contribution in [0.2, 0.25) is 0 Å². The number of carbonyl (C=O) groups is 2. The maximum atomic E-state index is 12.2. The van der Waals surface area contributed by atoms with E-state index in [0.717, 1.165) is 11.3 Å². The molecular weight excluding hydrogens is 354 g/mol. The van der Waals surface area contributed by atoms with Gasteiger partial charge in [0.2, 0.25) is 0 Å². The topological polar surface area (TPSA) is 93.3 Å². The van der Waals surface area contributed by atoms with Crippen LogP contribution in [-0.4, -0.2) is 49.4 Å².